The number of fused-ring (bicyclic) bond motifs is 1. The minimum absolute atomic E-state index is 0.235. The van der Waals surface area contributed by atoms with E-state index in [1.165, 1.54) is 17.5 Å². The third-order valence-electron chi connectivity index (χ3n) is 3.18. The predicted octanol–water partition coefficient (Wildman–Crippen LogP) is 3.88. The van der Waals surface area contributed by atoms with E-state index in [4.69, 9.17) is 9.84 Å². The van der Waals surface area contributed by atoms with E-state index >= 15 is 0 Å². The molecule has 1 aromatic carbocycles. The average molecular weight is 299 g/mol. The van der Waals surface area contributed by atoms with Gasteiger partial charge in [-0.1, -0.05) is 12.1 Å². The van der Waals surface area contributed by atoms with Crippen molar-refractivity contribution in [3.63, 3.8) is 0 Å². The van der Waals surface area contributed by atoms with Gasteiger partial charge < -0.3 is 9.84 Å². The quantitative estimate of drug-likeness (QED) is 0.794. The second-order valence-electron chi connectivity index (χ2n) is 4.74. The molecule has 0 radical (unpaired) electrons. The molecule has 5 heteroatoms. The number of pyridine rings is 1. The summed E-state index contributed by atoms with van der Waals surface area (Å²) in [6.07, 6.45) is 3.07. The van der Waals surface area contributed by atoms with E-state index in [0.717, 1.165) is 27.0 Å². The third-order valence-corrected chi connectivity index (χ3v) is 4.25. The van der Waals surface area contributed by atoms with E-state index in [9.17, 15) is 4.79 Å². The number of carbonyl (C=O) groups is 1. The van der Waals surface area contributed by atoms with Gasteiger partial charge in [-0.15, -0.1) is 11.3 Å². The maximum atomic E-state index is 11.2. The van der Waals surface area contributed by atoms with Crippen molar-refractivity contribution in [2.24, 2.45) is 0 Å². The van der Waals surface area contributed by atoms with Crippen molar-refractivity contribution in [2.75, 3.05) is 0 Å². The smallest absolute Gasteiger partial charge is 0.338 e. The first kappa shape index (κ1) is 13.6. The molecule has 0 aliphatic heterocycles. The van der Waals surface area contributed by atoms with Crippen molar-refractivity contribution in [3.05, 3.63) is 58.7 Å². The lowest BCUT2D eigenvalue weighted by atomic mass is 10.2. The summed E-state index contributed by atoms with van der Waals surface area (Å²) < 4.78 is 6.51. The Balaban J connectivity index is 1.88. The number of thiophene rings is 1. The van der Waals surface area contributed by atoms with Gasteiger partial charge in [0.1, 0.15) is 12.4 Å². The second kappa shape index (κ2) is 5.54. The summed E-state index contributed by atoms with van der Waals surface area (Å²) in [7, 11) is 0. The second-order valence-corrected chi connectivity index (χ2v) is 5.61. The van der Waals surface area contributed by atoms with Crippen LogP contribution in [0.4, 0.5) is 0 Å². The van der Waals surface area contributed by atoms with E-state index < -0.39 is 5.97 Å². The SMILES string of the molecule is Cc1cccc(OCc2csc3c(C(=O)O)cncc23)c1. The minimum atomic E-state index is -0.957. The standard InChI is InChI=1S/C16H13NO3S/c1-10-3-2-4-12(5-10)20-8-11-9-21-15-13(11)6-17-7-14(15)16(18)19/h2-7,9H,8H2,1H3,(H,18,19). The van der Waals surface area contributed by atoms with Crippen LogP contribution in [0.5, 0.6) is 5.75 Å². The molecule has 106 valence electrons. The Hall–Kier alpha value is -2.40. The molecule has 0 aliphatic rings. The highest BCUT2D eigenvalue weighted by molar-refractivity contribution is 7.17. The largest absolute Gasteiger partial charge is 0.489 e. The molecule has 4 nitrogen and oxygen atoms in total. The van der Waals surface area contributed by atoms with Crippen LogP contribution in [-0.2, 0) is 6.61 Å². The molecule has 0 saturated heterocycles. The number of benzene rings is 1. The molecule has 0 fully saturated rings. The van der Waals surface area contributed by atoms with Crippen LogP contribution >= 0.6 is 11.3 Å². The number of ether oxygens (including phenoxy) is 1. The van der Waals surface area contributed by atoms with Gasteiger partial charge in [-0.25, -0.2) is 4.79 Å². The van der Waals surface area contributed by atoms with Gasteiger partial charge in [0.15, 0.2) is 0 Å². The van der Waals surface area contributed by atoms with Gasteiger partial charge in [0, 0.05) is 23.3 Å². The van der Waals surface area contributed by atoms with Gasteiger partial charge in [-0.2, -0.15) is 0 Å². The van der Waals surface area contributed by atoms with Crippen LogP contribution in [0, 0.1) is 6.92 Å². The van der Waals surface area contributed by atoms with E-state index in [1.54, 1.807) is 6.20 Å². The van der Waals surface area contributed by atoms with Gasteiger partial charge in [-0.3, -0.25) is 4.98 Å². The fraction of sp³-hybridized carbons (Fsp3) is 0.125. The molecule has 0 aliphatic carbocycles. The van der Waals surface area contributed by atoms with E-state index in [2.05, 4.69) is 4.98 Å². The van der Waals surface area contributed by atoms with Gasteiger partial charge in [0.05, 0.1) is 10.3 Å². The molecule has 3 aromatic rings. The molecule has 0 bridgehead atoms. The van der Waals surface area contributed by atoms with Crippen LogP contribution in [0.25, 0.3) is 10.1 Å². The molecule has 3 rings (SSSR count). The van der Waals surface area contributed by atoms with Crippen LogP contribution in [0.2, 0.25) is 0 Å². The number of carboxylic acid groups (broad SMARTS) is 1. The third kappa shape index (κ3) is 2.73. The first-order valence-corrected chi connectivity index (χ1v) is 7.30. The van der Waals surface area contributed by atoms with Crippen LogP contribution < -0.4 is 4.74 Å². The molecule has 0 spiro atoms. The molecule has 21 heavy (non-hydrogen) atoms. The monoisotopic (exact) mass is 299 g/mol. The highest BCUT2D eigenvalue weighted by Crippen LogP contribution is 2.29. The van der Waals surface area contributed by atoms with Crippen molar-refractivity contribution < 1.29 is 14.6 Å². The number of carboxylic acids is 1. The molecule has 0 amide bonds. The van der Waals surface area contributed by atoms with Crippen LogP contribution in [0.1, 0.15) is 21.5 Å². The lowest BCUT2D eigenvalue weighted by Gasteiger charge is -2.06. The molecule has 2 aromatic heterocycles. The lowest BCUT2D eigenvalue weighted by Crippen LogP contribution is -1.98. The summed E-state index contributed by atoms with van der Waals surface area (Å²) in [5, 5.41) is 11.9. The first-order chi connectivity index (χ1) is 10.1. The molecular formula is C16H13NO3S. The van der Waals surface area contributed by atoms with Gasteiger partial charge in [-0.05, 0) is 30.0 Å². The predicted molar refractivity (Wildman–Crippen MR) is 82.1 cm³/mol. The molecule has 1 N–H and O–H groups in total. The van der Waals surface area contributed by atoms with Gasteiger partial charge >= 0.3 is 5.97 Å². The average Bonchev–Trinajstić information content (AvgIpc) is 2.88. The van der Waals surface area contributed by atoms with Crippen molar-refractivity contribution in [1.29, 1.82) is 0 Å². The Kier molecular flexibility index (Phi) is 3.58. The van der Waals surface area contributed by atoms with E-state index in [0.29, 0.717) is 6.61 Å². The van der Waals surface area contributed by atoms with Crippen LogP contribution in [0.15, 0.2) is 42.0 Å². The maximum absolute atomic E-state index is 11.2. The highest BCUT2D eigenvalue weighted by Gasteiger charge is 2.13. The number of nitrogens with zero attached hydrogens (tertiary/aromatic N) is 1. The Morgan fingerprint density at radius 2 is 2.24 bits per heavy atom. The molecular weight excluding hydrogens is 286 g/mol. The van der Waals surface area contributed by atoms with E-state index in [-0.39, 0.29) is 5.56 Å². The summed E-state index contributed by atoms with van der Waals surface area (Å²) in [4.78, 5) is 15.2. The Bertz CT molecular complexity index is 810. The minimum Gasteiger partial charge on any atom is -0.489 e. The van der Waals surface area contributed by atoms with Crippen LogP contribution in [-0.4, -0.2) is 16.1 Å². The summed E-state index contributed by atoms with van der Waals surface area (Å²) >= 11 is 1.41. The zero-order valence-electron chi connectivity index (χ0n) is 11.4. The highest BCUT2D eigenvalue weighted by atomic mass is 32.1. The number of hydrogen-bond donors (Lipinski definition) is 1. The van der Waals surface area contributed by atoms with Crippen molar-refractivity contribution >= 4 is 27.4 Å². The summed E-state index contributed by atoms with van der Waals surface area (Å²) in [5.41, 5.74) is 2.32. The number of aromatic nitrogens is 1. The number of rotatable bonds is 4. The molecule has 2 heterocycles. The van der Waals surface area contributed by atoms with Gasteiger partial charge in [0.25, 0.3) is 0 Å². The summed E-state index contributed by atoms with van der Waals surface area (Å²) in [5.74, 6) is -0.155. The Morgan fingerprint density at radius 1 is 1.38 bits per heavy atom. The number of aromatic carboxylic acids is 1. The van der Waals surface area contributed by atoms with Crippen LogP contribution in [0.3, 0.4) is 0 Å². The maximum Gasteiger partial charge on any atom is 0.338 e. The zero-order chi connectivity index (χ0) is 14.8. The van der Waals surface area contributed by atoms with Crippen molar-refractivity contribution in [2.45, 2.75) is 13.5 Å². The molecule has 0 saturated carbocycles. The van der Waals surface area contributed by atoms with Crippen molar-refractivity contribution in [3.8, 4) is 5.75 Å². The topological polar surface area (TPSA) is 59.4 Å². The number of aryl methyl sites for hydroxylation is 1. The molecule has 0 atom stereocenters. The molecule has 0 unspecified atom stereocenters. The Labute approximate surface area is 125 Å². The normalized spacial score (nSPS) is 10.7. The lowest BCUT2D eigenvalue weighted by molar-refractivity contribution is 0.0699. The first-order valence-electron chi connectivity index (χ1n) is 6.42. The van der Waals surface area contributed by atoms with E-state index in [1.807, 2.05) is 36.6 Å². The number of hydrogen-bond acceptors (Lipinski definition) is 4. The fourth-order valence-corrected chi connectivity index (χ4v) is 3.16. The van der Waals surface area contributed by atoms with Crippen molar-refractivity contribution in [1.82, 2.24) is 4.98 Å². The summed E-state index contributed by atoms with van der Waals surface area (Å²) in [6.45, 7) is 2.41. The fourth-order valence-electron chi connectivity index (χ4n) is 2.13. The summed E-state index contributed by atoms with van der Waals surface area (Å²) in [6, 6.07) is 7.83. The Morgan fingerprint density at radius 3 is 3.00 bits per heavy atom. The zero-order valence-corrected chi connectivity index (χ0v) is 12.2. The van der Waals surface area contributed by atoms with Gasteiger partial charge in [0.2, 0.25) is 0 Å².